The fraction of sp³-hybridized carbons (Fsp3) is 0.533. The van der Waals surface area contributed by atoms with E-state index in [-0.39, 0.29) is 43.4 Å². The number of H-pyrrole nitrogens is 1. The number of ether oxygens (including phenoxy) is 1. The number of aryl methyl sites for hydroxylation is 1. The third-order valence-electron chi connectivity index (χ3n) is 8.72. The third kappa shape index (κ3) is 6.25. The van der Waals surface area contributed by atoms with Gasteiger partial charge in [-0.1, -0.05) is 5.92 Å². The molecule has 6 rings (SSSR count). The normalized spacial score (nSPS) is 20.1. The third-order valence-corrected chi connectivity index (χ3v) is 8.72. The first-order chi connectivity index (χ1) is 21.8. The highest BCUT2D eigenvalue weighted by atomic mass is 19.4. The molecule has 16 heteroatoms. The molecule has 0 bridgehead atoms. The van der Waals surface area contributed by atoms with Gasteiger partial charge in [0.15, 0.2) is 0 Å². The molecule has 46 heavy (non-hydrogen) atoms. The number of aliphatic hydroxyl groups excluding tert-OH is 1. The average molecular weight is 649 g/mol. The zero-order valence-electron chi connectivity index (χ0n) is 25.3. The largest absolute Gasteiger partial charge is 0.462 e. The van der Waals surface area contributed by atoms with E-state index in [0.29, 0.717) is 55.0 Å². The molecule has 0 aliphatic carbocycles. The summed E-state index contributed by atoms with van der Waals surface area (Å²) < 4.78 is 77.3. The van der Waals surface area contributed by atoms with E-state index in [0.717, 1.165) is 5.56 Å². The van der Waals surface area contributed by atoms with Crippen molar-refractivity contribution in [1.82, 2.24) is 30.0 Å². The van der Waals surface area contributed by atoms with Crippen molar-refractivity contribution in [3.05, 3.63) is 34.6 Å². The fourth-order valence-electron chi connectivity index (χ4n) is 6.53. The number of aromatic nitrogens is 4. The van der Waals surface area contributed by atoms with E-state index >= 15 is 0 Å². The molecule has 3 aromatic rings. The molecule has 1 amide bonds. The molecular weight excluding hydrogens is 615 g/mol. The fourth-order valence-corrected chi connectivity index (χ4v) is 6.53. The standard InChI is InChI=1S/C30H33F5N8O3/c1-18-12-22-21(14-36-39-22)26(25(18)30(33,34)35)43-6-5-20-23(15-43)37-28(46-16-19-13-29(31,32)17-40(19)2)38-27(20)42-9-7-41(8-10-42)24(45)4-3-11-44/h12,14,19,44H,5-11,13,15-17H2,1-2H3,(H,36,39)/t19-/m0/s1. The molecule has 2 aromatic heterocycles. The Morgan fingerprint density at radius 1 is 1.17 bits per heavy atom. The second-order valence-corrected chi connectivity index (χ2v) is 11.9. The van der Waals surface area contributed by atoms with E-state index in [1.165, 1.54) is 24.1 Å². The van der Waals surface area contributed by atoms with Gasteiger partial charge in [-0.15, -0.1) is 0 Å². The van der Waals surface area contributed by atoms with Crippen LogP contribution >= 0.6 is 0 Å². The molecule has 11 nitrogen and oxygen atoms in total. The summed E-state index contributed by atoms with van der Waals surface area (Å²) in [6, 6.07) is 0.808. The van der Waals surface area contributed by atoms with E-state index in [2.05, 4.69) is 32.0 Å². The van der Waals surface area contributed by atoms with Gasteiger partial charge in [0.1, 0.15) is 19.0 Å². The van der Waals surface area contributed by atoms with Crippen LogP contribution in [0.3, 0.4) is 0 Å². The number of carbonyl (C=O) groups is 1. The number of hydrogen-bond acceptors (Lipinski definition) is 9. The number of aromatic amines is 1. The number of carbonyl (C=O) groups excluding carboxylic acids is 1. The van der Waals surface area contributed by atoms with Gasteiger partial charge in [-0.3, -0.25) is 14.8 Å². The summed E-state index contributed by atoms with van der Waals surface area (Å²) >= 11 is 0. The topological polar surface area (TPSA) is 114 Å². The van der Waals surface area contributed by atoms with Gasteiger partial charge in [0.05, 0.1) is 41.7 Å². The predicted molar refractivity (Wildman–Crippen MR) is 158 cm³/mol. The number of fused-ring (bicyclic) bond motifs is 2. The van der Waals surface area contributed by atoms with Crippen molar-refractivity contribution in [3.8, 4) is 17.9 Å². The number of amides is 1. The van der Waals surface area contributed by atoms with E-state index in [4.69, 9.17) is 9.84 Å². The average Bonchev–Trinajstić information content (AvgIpc) is 3.58. The molecule has 0 unspecified atom stereocenters. The Morgan fingerprint density at radius 2 is 1.93 bits per heavy atom. The van der Waals surface area contributed by atoms with Gasteiger partial charge in [-0.05, 0) is 37.9 Å². The lowest BCUT2D eigenvalue weighted by atomic mass is 9.98. The minimum Gasteiger partial charge on any atom is -0.462 e. The lowest BCUT2D eigenvalue weighted by Gasteiger charge is -2.38. The highest BCUT2D eigenvalue weighted by Gasteiger charge is 2.44. The maximum absolute atomic E-state index is 14.4. The number of likely N-dealkylation sites (tertiary alicyclic amines) is 1. The molecule has 0 radical (unpaired) electrons. The van der Waals surface area contributed by atoms with Crippen molar-refractivity contribution < 1.29 is 36.6 Å². The Kier molecular flexibility index (Phi) is 8.40. The lowest BCUT2D eigenvalue weighted by Crippen LogP contribution is -2.49. The smallest absolute Gasteiger partial charge is 0.418 e. The quantitative estimate of drug-likeness (QED) is 0.319. The molecule has 0 spiro atoms. The summed E-state index contributed by atoms with van der Waals surface area (Å²) in [4.78, 5) is 28.3. The van der Waals surface area contributed by atoms with E-state index in [9.17, 15) is 26.7 Å². The van der Waals surface area contributed by atoms with Crippen LogP contribution < -0.4 is 14.5 Å². The van der Waals surface area contributed by atoms with Crippen molar-refractivity contribution in [2.75, 3.05) is 69.3 Å². The molecule has 1 aromatic carbocycles. The summed E-state index contributed by atoms with van der Waals surface area (Å²) in [5, 5.41) is 16.0. The number of nitrogens with one attached hydrogen (secondary N) is 1. The minimum atomic E-state index is -4.62. The maximum atomic E-state index is 14.4. The SMILES string of the molecule is Cc1cc2[nH]ncc2c(N2CCc3c(nc(OC[C@@H]4CC(F)(F)CN4C)nc3N3CCN(C(=O)C#CCO)CC3)C2)c1C(F)(F)F. The van der Waals surface area contributed by atoms with Crippen LogP contribution in [0.5, 0.6) is 6.01 Å². The van der Waals surface area contributed by atoms with Gasteiger partial charge < -0.3 is 24.5 Å². The second-order valence-electron chi connectivity index (χ2n) is 11.9. The maximum Gasteiger partial charge on any atom is 0.418 e. The number of nitrogens with zero attached hydrogens (tertiary/aromatic N) is 7. The Balaban J connectivity index is 1.33. The first-order valence-corrected chi connectivity index (χ1v) is 14.9. The number of likely N-dealkylation sites (N-methyl/N-ethyl adjacent to an activating group) is 1. The van der Waals surface area contributed by atoms with Crippen LogP contribution in [0.2, 0.25) is 0 Å². The number of hydrogen-bond donors (Lipinski definition) is 2. The molecule has 246 valence electrons. The minimum absolute atomic E-state index is 0.00968. The molecule has 0 saturated carbocycles. The summed E-state index contributed by atoms with van der Waals surface area (Å²) in [7, 11) is 1.59. The number of halogens is 5. The zero-order chi connectivity index (χ0) is 32.8. The Hall–Kier alpha value is -4.23. The van der Waals surface area contributed by atoms with Crippen LogP contribution in [-0.2, 0) is 23.9 Å². The van der Waals surface area contributed by atoms with Crippen molar-refractivity contribution >= 4 is 28.3 Å². The number of alkyl halides is 5. The van der Waals surface area contributed by atoms with Gasteiger partial charge in [0.25, 0.3) is 11.8 Å². The molecule has 2 fully saturated rings. The Morgan fingerprint density at radius 3 is 2.61 bits per heavy atom. The van der Waals surface area contributed by atoms with Crippen LogP contribution in [0, 0.1) is 18.8 Å². The molecular formula is C30H33F5N8O3. The van der Waals surface area contributed by atoms with E-state index < -0.39 is 42.8 Å². The van der Waals surface area contributed by atoms with Gasteiger partial charge in [0.2, 0.25) is 0 Å². The van der Waals surface area contributed by atoms with Crippen molar-refractivity contribution in [3.63, 3.8) is 0 Å². The lowest BCUT2D eigenvalue weighted by molar-refractivity contribution is -0.137. The van der Waals surface area contributed by atoms with Gasteiger partial charge in [-0.2, -0.15) is 28.2 Å². The Bertz CT molecular complexity index is 1690. The van der Waals surface area contributed by atoms with E-state index in [1.807, 2.05) is 4.90 Å². The first-order valence-electron chi connectivity index (χ1n) is 14.9. The van der Waals surface area contributed by atoms with E-state index in [1.54, 1.807) is 16.8 Å². The van der Waals surface area contributed by atoms with Gasteiger partial charge >= 0.3 is 12.2 Å². The van der Waals surface area contributed by atoms with Crippen LogP contribution in [0.15, 0.2) is 12.3 Å². The highest BCUT2D eigenvalue weighted by Crippen LogP contribution is 2.44. The number of aliphatic hydroxyl groups is 1. The predicted octanol–water partition coefficient (Wildman–Crippen LogP) is 2.61. The van der Waals surface area contributed by atoms with Crippen molar-refractivity contribution in [2.24, 2.45) is 0 Å². The number of rotatable bonds is 5. The molecule has 3 aliphatic rings. The molecule has 3 aliphatic heterocycles. The number of benzene rings is 1. The molecule has 2 N–H and O–H groups in total. The summed E-state index contributed by atoms with van der Waals surface area (Å²) in [5.41, 5.74) is 1.02. The molecule has 1 atom stereocenters. The highest BCUT2D eigenvalue weighted by molar-refractivity contribution is 5.95. The summed E-state index contributed by atoms with van der Waals surface area (Å²) in [5.74, 6) is 2.04. The monoisotopic (exact) mass is 648 g/mol. The first kappa shape index (κ1) is 31.7. The van der Waals surface area contributed by atoms with Gasteiger partial charge in [0, 0.05) is 56.1 Å². The van der Waals surface area contributed by atoms with Crippen LogP contribution in [0.4, 0.5) is 33.5 Å². The number of anilines is 2. The summed E-state index contributed by atoms with van der Waals surface area (Å²) in [6.45, 7) is 2.22. The zero-order valence-corrected chi connectivity index (χ0v) is 25.3. The van der Waals surface area contributed by atoms with Crippen molar-refractivity contribution in [2.45, 2.75) is 44.5 Å². The summed E-state index contributed by atoms with van der Waals surface area (Å²) in [6.07, 6.45) is -3.29. The molecule has 5 heterocycles. The Labute approximate surface area is 261 Å². The number of piperazine rings is 1. The van der Waals surface area contributed by atoms with Crippen molar-refractivity contribution in [1.29, 1.82) is 0 Å². The molecule has 2 saturated heterocycles. The van der Waals surface area contributed by atoms with Crippen LogP contribution in [0.1, 0.15) is 28.8 Å². The second kappa shape index (κ2) is 12.2. The van der Waals surface area contributed by atoms with Crippen LogP contribution in [-0.4, -0.2) is 112 Å². The van der Waals surface area contributed by atoms with Crippen LogP contribution in [0.25, 0.3) is 10.9 Å². The van der Waals surface area contributed by atoms with Gasteiger partial charge in [-0.25, -0.2) is 8.78 Å².